The highest BCUT2D eigenvalue weighted by Crippen LogP contribution is 2.18. The quantitative estimate of drug-likeness (QED) is 0.502. The van der Waals surface area contributed by atoms with Crippen LogP contribution in [-0.4, -0.2) is 56.8 Å². The number of hydrogen-bond acceptors (Lipinski definition) is 6. The molecule has 3 N–H and O–H groups in total. The number of primary amides is 1. The largest absolute Gasteiger partial charge is 0.454 e. The van der Waals surface area contributed by atoms with Crippen molar-refractivity contribution in [3.63, 3.8) is 0 Å². The minimum atomic E-state index is -4.39. The number of amides is 2. The van der Waals surface area contributed by atoms with Crippen LogP contribution in [0.5, 0.6) is 0 Å². The Morgan fingerprint density at radius 2 is 1.68 bits per heavy atom. The summed E-state index contributed by atoms with van der Waals surface area (Å²) in [6, 6.07) is 12.0. The number of piperidine rings is 1. The van der Waals surface area contributed by atoms with E-state index in [0.717, 1.165) is 12.1 Å². The van der Waals surface area contributed by atoms with Gasteiger partial charge in [-0.2, -0.15) is 4.72 Å². The first kappa shape index (κ1) is 25.3. The zero-order chi connectivity index (χ0) is 24.7. The van der Waals surface area contributed by atoms with Crippen LogP contribution >= 0.6 is 0 Å². The highest BCUT2D eigenvalue weighted by atomic mass is 32.2. The van der Waals surface area contributed by atoms with E-state index in [4.69, 9.17) is 10.5 Å². The molecule has 1 saturated heterocycles. The SMILES string of the molecule is NC(=O)C1CCN(C(=O)COC(=O)[C@H](Cc2ccccc2)NS(=O)(=O)c2ccccc2F)CC1. The van der Waals surface area contributed by atoms with Gasteiger partial charge in [-0.3, -0.25) is 14.4 Å². The Balaban J connectivity index is 1.68. The van der Waals surface area contributed by atoms with Crippen molar-refractivity contribution >= 4 is 27.8 Å². The lowest BCUT2D eigenvalue weighted by Crippen LogP contribution is -2.46. The number of carbonyl (C=O) groups excluding carboxylic acids is 3. The van der Waals surface area contributed by atoms with Gasteiger partial charge in [-0.1, -0.05) is 42.5 Å². The van der Waals surface area contributed by atoms with Crippen LogP contribution in [0.4, 0.5) is 4.39 Å². The predicted octanol–water partition coefficient (Wildman–Crippen LogP) is 0.982. The summed E-state index contributed by atoms with van der Waals surface area (Å²) >= 11 is 0. The molecule has 0 radical (unpaired) electrons. The van der Waals surface area contributed by atoms with Crippen molar-refractivity contribution in [2.45, 2.75) is 30.2 Å². The van der Waals surface area contributed by atoms with Gasteiger partial charge in [-0.25, -0.2) is 12.8 Å². The third-order valence-electron chi connectivity index (χ3n) is 5.58. The molecule has 0 aromatic heterocycles. The Kier molecular flexibility index (Phi) is 8.35. The molecule has 11 heteroatoms. The van der Waals surface area contributed by atoms with Gasteiger partial charge in [0, 0.05) is 19.0 Å². The number of nitrogens with two attached hydrogens (primary N) is 1. The number of nitrogens with one attached hydrogen (secondary N) is 1. The number of nitrogens with zero attached hydrogens (tertiary/aromatic N) is 1. The molecule has 2 amide bonds. The molecule has 0 aliphatic carbocycles. The van der Waals surface area contributed by atoms with Gasteiger partial charge in [0.25, 0.3) is 5.91 Å². The van der Waals surface area contributed by atoms with E-state index < -0.39 is 51.2 Å². The second-order valence-electron chi connectivity index (χ2n) is 7.96. The first-order valence-electron chi connectivity index (χ1n) is 10.7. The summed E-state index contributed by atoms with van der Waals surface area (Å²) in [5.41, 5.74) is 5.93. The molecule has 3 rings (SSSR count). The number of halogens is 1. The molecule has 1 fully saturated rings. The lowest BCUT2D eigenvalue weighted by atomic mass is 9.96. The number of ether oxygens (including phenoxy) is 1. The van der Waals surface area contributed by atoms with Crippen molar-refractivity contribution in [2.75, 3.05) is 19.7 Å². The summed E-state index contributed by atoms with van der Waals surface area (Å²) in [4.78, 5) is 37.4. The van der Waals surface area contributed by atoms with Crippen molar-refractivity contribution in [3.05, 3.63) is 66.0 Å². The molecule has 9 nitrogen and oxygen atoms in total. The van der Waals surface area contributed by atoms with Crippen molar-refractivity contribution in [3.8, 4) is 0 Å². The summed E-state index contributed by atoms with van der Waals surface area (Å²) in [5, 5.41) is 0. The van der Waals surface area contributed by atoms with Gasteiger partial charge in [0.05, 0.1) is 0 Å². The third kappa shape index (κ3) is 6.61. The van der Waals surface area contributed by atoms with Crippen molar-refractivity contribution in [1.82, 2.24) is 9.62 Å². The van der Waals surface area contributed by atoms with Crippen LogP contribution in [0.15, 0.2) is 59.5 Å². The molecule has 0 unspecified atom stereocenters. The van der Waals surface area contributed by atoms with Gasteiger partial charge >= 0.3 is 5.97 Å². The van der Waals surface area contributed by atoms with E-state index >= 15 is 0 Å². The molecule has 182 valence electrons. The van der Waals surface area contributed by atoms with Gasteiger partial charge in [-0.05, 0) is 37.0 Å². The van der Waals surface area contributed by atoms with Gasteiger partial charge < -0.3 is 15.4 Å². The van der Waals surface area contributed by atoms with Gasteiger partial charge in [0.1, 0.15) is 16.8 Å². The van der Waals surface area contributed by atoms with E-state index in [1.54, 1.807) is 30.3 Å². The topological polar surface area (TPSA) is 136 Å². The third-order valence-corrected chi connectivity index (χ3v) is 7.08. The molecule has 1 aliphatic heterocycles. The van der Waals surface area contributed by atoms with E-state index in [1.807, 2.05) is 0 Å². The highest BCUT2D eigenvalue weighted by Gasteiger charge is 2.31. The maximum absolute atomic E-state index is 14.1. The lowest BCUT2D eigenvalue weighted by Gasteiger charge is -2.30. The predicted molar refractivity (Wildman–Crippen MR) is 120 cm³/mol. The van der Waals surface area contributed by atoms with Crippen molar-refractivity contribution < 1.29 is 31.9 Å². The molecule has 0 saturated carbocycles. The van der Waals surface area contributed by atoms with Gasteiger partial charge in [-0.15, -0.1) is 0 Å². The summed E-state index contributed by atoms with van der Waals surface area (Å²) in [6.45, 7) is 0.0154. The average molecular weight is 492 g/mol. The maximum Gasteiger partial charge on any atom is 0.325 e. The lowest BCUT2D eigenvalue weighted by molar-refractivity contribution is -0.154. The average Bonchev–Trinajstić information content (AvgIpc) is 2.82. The fourth-order valence-corrected chi connectivity index (χ4v) is 4.94. The zero-order valence-electron chi connectivity index (χ0n) is 18.4. The minimum Gasteiger partial charge on any atom is -0.454 e. The van der Waals surface area contributed by atoms with E-state index in [2.05, 4.69) is 4.72 Å². The molecular weight excluding hydrogens is 465 g/mol. The van der Waals surface area contributed by atoms with Crippen molar-refractivity contribution in [1.29, 1.82) is 0 Å². The van der Waals surface area contributed by atoms with Crippen LogP contribution in [0, 0.1) is 11.7 Å². The number of carbonyl (C=O) groups is 3. The second-order valence-corrected chi connectivity index (χ2v) is 9.64. The normalized spacial score (nSPS) is 15.5. The van der Waals surface area contributed by atoms with Crippen LogP contribution in [0.3, 0.4) is 0 Å². The van der Waals surface area contributed by atoms with Gasteiger partial charge in [0.15, 0.2) is 6.61 Å². The number of esters is 1. The Labute approximate surface area is 197 Å². The molecule has 0 bridgehead atoms. The van der Waals surface area contributed by atoms with E-state index in [1.165, 1.54) is 17.0 Å². The summed E-state index contributed by atoms with van der Waals surface area (Å²) in [6.07, 6.45) is 0.785. The number of hydrogen-bond donors (Lipinski definition) is 2. The van der Waals surface area contributed by atoms with Crippen LogP contribution in [0.2, 0.25) is 0 Å². The summed E-state index contributed by atoms with van der Waals surface area (Å²) < 4.78 is 46.9. The zero-order valence-corrected chi connectivity index (χ0v) is 19.2. The second kappa shape index (κ2) is 11.2. The first-order chi connectivity index (χ1) is 16.2. The fourth-order valence-electron chi connectivity index (χ4n) is 3.67. The Bertz CT molecular complexity index is 1130. The Hall–Kier alpha value is -3.31. The fraction of sp³-hybridized carbons (Fsp3) is 0.348. The minimum absolute atomic E-state index is 0.0639. The highest BCUT2D eigenvalue weighted by molar-refractivity contribution is 7.89. The molecule has 34 heavy (non-hydrogen) atoms. The standard InChI is InChI=1S/C23H26FN3O6S/c24-18-8-4-5-9-20(18)34(31,32)26-19(14-16-6-2-1-3-7-16)23(30)33-15-21(28)27-12-10-17(11-13-27)22(25)29/h1-9,17,19,26H,10-15H2,(H2,25,29)/t19-/m0/s1. The van der Waals surface area contributed by atoms with E-state index in [-0.39, 0.29) is 12.3 Å². The van der Waals surface area contributed by atoms with Crippen LogP contribution in [0.25, 0.3) is 0 Å². The van der Waals surface area contributed by atoms with E-state index in [0.29, 0.717) is 31.5 Å². The molecule has 1 heterocycles. The van der Waals surface area contributed by atoms with Crippen LogP contribution < -0.4 is 10.5 Å². The number of rotatable bonds is 9. The number of likely N-dealkylation sites (tertiary alicyclic amines) is 1. The number of sulfonamides is 1. The smallest absolute Gasteiger partial charge is 0.325 e. The maximum atomic E-state index is 14.1. The summed E-state index contributed by atoms with van der Waals surface area (Å²) in [5.74, 6) is -3.11. The molecule has 1 aliphatic rings. The van der Waals surface area contributed by atoms with Crippen LogP contribution in [-0.2, 0) is 35.6 Å². The molecule has 0 spiro atoms. The van der Waals surface area contributed by atoms with Gasteiger partial charge in [0.2, 0.25) is 15.9 Å². The van der Waals surface area contributed by atoms with Crippen molar-refractivity contribution in [2.24, 2.45) is 11.7 Å². The first-order valence-corrected chi connectivity index (χ1v) is 12.2. The Morgan fingerprint density at radius 1 is 1.06 bits per heavy atom. The Morgan fingerprint density at radius 3 is 2.29 bits per heavy atom. The number of benzene rings is 2. The molecule has 2 aromatic rings. The van der Waals surface area contributed by atoms with E-state index in [9.17, 15) is 27.2 Å². The van der Waals surface area contributed by atoms with Crippen LogP contribution in [0.1, 0.15) is 18.4 Å². The molecular formula is C23H26FN3O6S. The molecule has 2 aromatic carbocycles. The molecule has 1 atom stereocenters. The summed E-state index contributed by atoms with van der Waals surface area (Å²) in [7, 11) is -4.39. The monoisotopic (exact) mass is 491 g/mol.